The fraction of sp³-hybridized carbons (Fsp3) is 0.0833. The van der Waals surface area contributed by atoms with E-state index in [1.807, 2.05) is 0 Å². The van der Waals surface area contributed by atoms with E-state index in [0.717, 1.165) is 0 Å². The van der Waals surface area contributed by atoms with Gasteiger partial charge in [-0.25, -0.2) is 9.48 Å². The fourth-order valence-electron chi connectivity index (χ4n) is 2.18. The van der Waals surface area contributed by atoms with E-state index in [-0.39, 0.29) is 17.3 Å². The van der Waals surface area contributed by atoms with Crippen LogP contribution in [-0.2, 0) is 4.79 Å². The van der Waals surface area contributed by atoms with Crippen LogP contribution in [0, 0.1) is 10.1 Å². The van der Waals surface area contributed by atoms with Gasteiger partial charge in [-0.15, -0.1) is 0 Å². The topological polar surface area (TPSA) is 123 Å². The maximum Gasteiger partial charge on any atom is 0.352 e. The third-order valence-electron chi connectivity index (χ3n) is 3.09. The number of hydrogen-bond acceptors (Lipinski definition) is 6. The number of nitrogens with one attached hydrogen (secondary N) is 1. The van der Waals surface area contributed by atoms with E-state index in [1.165, 1.54) is 23.2 Å². The molecule has 21 heavy (non-hydrogen) atoms. The van der Waals surface area contributed by atoms with Crippen LogP contribution < -0.4 is 5.32 Å². The van der Waals surface area contributed by atoms with Crippen molar-refractivity contribution in [3.8, 4) is 0 Å². The smallest absolute Gasteiger partial charge is 0.352 e. The minimum atomic E-state index is -1.17. The number of nitrogens with zero attached hydrogens (tertiary/aromatic N) is 4. The number of aromatic nitrogens is 3. The largest absolute Gasteiger partial charge is 0.477 e. The second kappa shape index (κ2) is 4.71. The predicted octanol–water partition coefficient (Wildman–Crippen LogP) is 1.17. The lowest BCUT2D eigenvalue weighted by molar-refractivity contribution is -0.385. The van der Waals surface area contributed by atoms with Gasteiger partial charge in [-0.1, -0.05) is 12.1 Å². The van der Waals surface area contributed by atoms with Crippen molar-refractivity contribution in [1.82, 2.24) is 14.8 Å². The molecule has 3 rings (SSSR count). The van der Waals surface area contributed by atoms with Gasteiger partial charge in [0, 0.05) is 6.07 Å². The first-order valence-electron chi connectivity index (χ1n) is 5.93. The molecule has 0 fully saturated rings. The molecule has 0 bridgehead atoms. The first-order valence-corrected chi connectivity index (χ1v) is 5.93. The van der Waals surface area contributed by atoms with Crippen LogP contribution >= 0.6 is 0 Å². The summed E-state index contributed by atoms with van der Waals surface area (Å²) in [7, 11) is 0. The van der Waals surface area contributed by atoms with Crippen LogP contribution in [0.4, 0.5) is 11.6 Å². The number of carboxylic acid groups (broad SMARTS) is 1. The number of allylic oxidation sites excluding steroid dienone is 1. The third-order valence-corrected chi connectivity index (χ3v) is 3.09. The Morgan fingerprint density at radius 1 is 1.43 bits per heavy atom. The van der Waals surface area contributed by atoms with E-state index in [4.69, 9.17) is 5.11 Å². The minimum Gasteiger partial charge on any atom is -0.477 e. The van der Waals surface area contributed by atoms with Crippen LogP contribution in [0.5, 0.6) is 0 Å². The first-order chi connectivity index (χ1) is 10.1. The Morgan fingerprint density at radius 2 is 2.19 bits per heavy atom. The molecule has 0 spiro atoms. The van der Waals surface area contributed by atoms with Gasteiger partial charge in [0.15, 0.2) is 0 Å². The molecular weight excluding hydrogens is 278 g/mol. The average molecular weight is 287 g/mol. The number of anilines is 1. The van der Waals surface area contributed by atoms with Gasteiger partial charge >= 0.3 is 5.97 Å². The van der Waals surface area contributed by atoms with Crippen LogP contribution in [0.25, 0.3) is 0 Å². The molecule has 106 valence electrons. The number of carbonyl (C=O) groups is 1. The highest BCUT2D eigenvalue weighted by Gasteiger charge is 2.29. The molecule has 1 atom stereocenters. The van der Waals surface area contributed by atoms with Crippen LogP contribution in [0.15, 0.2) is 42.4 Å². The summed E-state index contributed by atoms with van der Waals surface area (Å²) in [6, 6.07) is 5.41. The van der Waals surface area contributed by atoms with Gasteiger partial charge in [0.25, 0.3) is 5.69 Å². The van der Waals surface area contributed by atoms with Crippen molar-refractivity contribution in [2.45, 2.75) is 6.04 Å². The number of aliphatic carboxylic acids is 1. The summed E-state index contributed by atoms with van der Waals surface area (Å²) in [6.45, 7) is 0. The Morgan fingerprint density at radius 3 is 2.90 bits per heavy atom. The summed E-state index contributed by atoms with van der Waals surface area (Å²) < 4.78 is 1.40. The Bertz CT molecular complexity index is 767. The molecule has 0 saturated heterocycles. The predicted molar refractivity (Wildman–Crippen MR) is 70.6 cm³/mol. The van der Waals surface area contributed by atoms with E-state index in [0.29, 0.717) is 5.56 Å². The maximum absolute atomic E-state index is 11.2. The number of fused-ring (bicyclic) bond motifs is 1. The summed E-state index contributed by atoms with van der Waals surface area (Å²) in [5, 5.41) is 26.9. The molecule has 9 nitrogen and oxygen atoms in total. The lowest BCUT2D eigenvalue weighted by atomic mass is 10.0. The van der Waals surface area contributed by atoms with E-state index in [2.05, 4.69) is 15.4 Å². The van der Waals surface area contributed by atoms with E-state index in [9.17, 15) is 14.9 Å². The van der Waals surface area contributed by atoms with Crippen molar-refractivity contribution in [2.24, 2.45) is 0 Å². The van der Waals surface area contributed by atoms with Crippen molar-refractivity contribution >= 4 is 17.6 Å². The molecular formula is C12H9N5O4. The van der Waals surface area contributed by atoms with Crippen molar-refractivity contribution in [3.63, 3.8) is 0 Å². The number of carboxylic acids is 1. The van der Waals surface area contributed by atoms with Gasteiger partial charge in [-0.05, 0) is 12.1 Å². The summed E-state index contributed by atoms with van der Waals surface area (Å²) >= 11 is 0. The Labute approximate surface area is 117 Å². The second-order valence-electron chi connectivity index (χ2n) is 4.30. The zero-order valence-corrected chi connectivity index (χ0v) is 10.5. The minimum absolute atomic E-state index is 0.0985. The van der Waals surface area contributed by atoms with Crippen LogP contribution in [0.1, 0.15) is 11.6 Å². The number of benzene rings is 1. The van der Waals surface area contributed by atoms with Crippen LogP contribution in [0.2, 0.25) is 0 Å². The quantitative estimate of drug-likeness (QED) is 0.641. The molecule has 2 N–H and O–H groups in total. The maximum atomic E-state index is 11.2. The second-order valence-corrected chi connectivity index (χ2v) is 4.30. The van der Waals surface area contributed by atoms with E-state index < -0.39 is 16.9 Å². The monoisotopic (exact) mass is 287 g/mol. The number of nitro groups is 1. The molecule has 0 aliphatic carbocycles. The lowest BCUT2D eigenvalue weighted by Crippen LogP contribution is -2.24. The van der Waals surface area contributed by atoms with Gasteiger partial charge < -0.3 is 10.4 Å². The summed E-state index contributed by atoms with van der Waals surface area (Å²) in [5.41, 5.74) is 0.139. The van der Waals surface area contributed by atoms with Gasteiger partial charge in [0.05, 0.1) is 10.5 Å². The van der Waals surface area contributed by atoms with Gasteiger partial charge in [0.2, 0.25) is 5.95 Å². The Balaban J connectivity index is 2.18. The number of rotatable bonds is 3. The SMILES string of the molecule is O=C(O)C1=C[C@@H](c2ccccc2[N+](=O)[O-])n2ncnc2N1. The molecule has 0 amide bonds. The van der Waals surface area contributed by atoms with Crippen molar-refractivity contribution < 1.29 is 14.8 Å². The highest BCUT2D eigenvalue weighted by molar-refractivity contribution is 5.90. The number of hydrogen-bond donors (Lipinski definition) is 2. The summed E-state index contributed by atoms with van der Waals surface area (Å²) in [4.78, 5) is 25.7. The van der Waals surface area contributed by atoms with Crippen molar-refractivity contribution in [2.75, 3.05) is 5.32 Å². The van der Waals surface area contributed by atoms with Crippen molar-refractivity contribution in [3.05, 3.63) is 58.0 Å². The van der Waals surface area contributed by atoms with Gasteiger partial charge in [-0.3, -0.25) is 10.1 Å². The zero-order chi connectivity index (χ0) is 15.0. The molecule has 1 aliphatic rings. The zero-order valence-electron chi connectivity index (χ0n) is 10.5. The molecule has 0 radical (unpaired) electrons. The van der Waals surface area contributed by atoms with Gasteiger partial charge in [-0.2, -0.15) is 10.1 Å². The molecule has 1 aromatic carbocycles. The molecule has 9 heteroatoms. The average Bonchev–Trinajstić information content (AvgIpc) is 2.94. The van der Waals surface area contributed by atoms with Crippen molar-refractivity contribution in [1.29, 1.82) is 0 Å². The van der Waals surface area contributed by atoms with Crippen LogP contribution in [0.3, 0.4) is 0 Å². The normalized spacial score (nSPS) is 16.6. The fourth-order valence-corrected chi connectivity index (χ4v) is 2.18. The Hall–Kier alpha value is -3.23. The van der Waals surface area contributed by atoms with E-state index in [1.54, 1.807) is 18.2 Å². The molecule has 1 aromatic heterocycles. The molecule has 0 unspecified atom stereocenters. The highest BCUT2D eigenvalue weighted by atomic mass is 16.6. The molecule has 0 saturated carbocycles. The molecule has 2 heterocycles. The summed E-state index contributed by atoms with van der Waals surface area (Å²) in [6.07, 6.45) is 2.62. The Kier molecular flexibility index (Phi) is 2.87. The third kappa shape index (κ3) is 2.10. The summed E-state index contributed by atoms with van der Waals surface area (Å²) in [5.74, 6) is -0.953. The standard InChI is InChI=1S/C12H9N5O4/c18-11(19)8-5-10(16-12(15-8)13-6-14-16)7-3-1-2-4-9(7)17(20)21/h1-6,10H,(H,18,19)(H,13,14,15)/t10-/m0/s1. The van der Waals surface area contributed by atoms with E-state index >= 15 is 0 Å². The molecule has 2 aromatic rings. The first kappa shape index (κ1) is 12.8. The number of para-hydroxylation sites is 1. The lowest BCUT2D eigenvalue weighted by Gasteiger charge is -2.22. The van der Waals surface area contributed by atoms with Crippen LogP contribution in [-0.4, -0.2) is 30.8 Å². The highest BCUT2D eigenvalue weighted by Crippen LogP contribution is 2.33. The van der Waals surface area contributed by atoms with Gasteiger partial charge in [0.1, 0.15) is 18.1 Å². The number of nitro benzene ring substituents is 1. The molecule has 1 aliphatic heterocycles.